The molecule has 0 amide bonds. The second-order valence-electron chi connectivity index (χ2n) is 3.76. The average molecular weight is 293 g/mol. The Balaban J connectivity index is 2.36. The molecule has 0 bridgehead atoms. The van der Waals surface area contributed by atoms with Gasteiger partial charge in [0.2, 0.25) is 0 Å². The molecule has 15 heavy (non-hydrogen) atoms. The monoisotopic (exact) mass is 291 g/mol. The van der Waals surface area contributed by atoms with Crippen molar-refractivity contribution in [1.82, 2.24) is 5.32 Å². The van der Waals surface area contributed by atoms with E-state index < -0.39 is 0 Å². The molecule has 1 saturated heterocycles. The normalized spacial score (nSPS) is 21.7. The highest BCUT2D eigenvalue weighted by Gasteiger charge is 2.22. The molecule has 1 fully saturated rings. The van der Waals surface area contributed by atoms with Gasteiger partial charge in [-0.2, -0.15) is 0 Å². The molecule has 0 saturated carbocycles. The van der Waals surface area contributed by atoms with Gasteiger partial charge in [-0.1, -0.05) is 34.0 Å². The summed E-state index contributed by atoms with van der Waals surface area (Å²) in [6, 6.07) is 3.47. The van der Waals surface area contributed by atoms with Crippen LogP contribution in [0.2, 0.25) is 5.02 Å². The van der Waals surface area contributed by atoms with E-state index in [1.54, 1.807) is 12.1 Å². The zero-order valence-electron chi connectivity index (χ0n) is 8.19. The first-order valence-corrected chi connectivity index (χ1v) is 6.24. The van der Waals surface area contributed by atoms with E-state index in [1.165, 1.54) is 0 Å². The Hall–Kier alpha value is -0.120. The number of hydrogen-bond acceptors (Lipinski definition) is 1. The maximum Gasteiger partial charge on any atom is 0.147 e. The van der Waals surface area contributed by atoms with E-state index in [9.17, 15) is 4.39 Å². The lowest BCUT2D eigenvalue weighted by atomic mass is 9.97. The van der Waals surface area contributed by atoms with Gasteiger partial charge in [-0.3, -0.25) is 0 Å². The number of halogens is 3. The largest absolute Gasteiger partial charge is 0.310 e. The van der Waals surface area contributed by atoms with Gasteiger partial charge in [0.15, 0.2) is 0 Å². The van der Waals surface area contributed by atoms with E-state index in [0.717, 1.165) is 30.3 Å². The molecule has 0 aromatic heterocycles. The van der Waals surface area contributed by atoms with Gasteiger partial charge in [-0.25, -0.2) is 4.39 Å². The van der Waals surface area contributed by atoms with Crippen molar-refractivity contribution in [3.05, 3.63) is 33.0 Å². The van der Waals surface area contributed by atoms with Crippen molar-refractivity contribution in [2.75, 3.05) is 6.54 Å². The number of nitrogens with one attached hydrogen (secondary N) is 1. The summed E-state index contributed by atoms with van der Waals surface area (Å²) in [6.07, 6.45) is 3.27. The fourth-order valence-corrected chi connectivity index (χ4v) is 2.71. The highest BCUT2D eigenvalue weighted by atomic mass is 79.9. The van der Waals surface area contributed by atoms with E-state index in [0.29, 0.717) is 5.56 Å². The van der Waals surface area contributed by atoms with Crippen molar-refractivity contribution in [2.45, 2.75) is 25.3 Å². The summed E-state index contributed by atoms with van der Waals surface area (Å²) < 4.78 is 14.6. The Kier molecular flexibility index (Phi) is 3.65. The third kappa shape index (κ3) is 2.35. The van der Waals surface area contributed by atoms with Crippen molar-refractivity contribution < 1.29 is 4.39 Å². The Morgan fingerprint density at radius 3 is 2.87 bits per heavy atom. The van der Waals surface area contributed by atoms with Crippen LogP contribution < -0.4 is 5.32 Å². The number of rotatable bonds is 1. The molecule has 1 aliphatic rings. The van der Waals surface area contributed by atoms with Gasteiger partial charge in [-0.05, 0) is 31.5 Å². The van der Waals surface area contributed by atoms with E-state index in [-0.39, 0.29) is 16.9 Å². The molecule has 82 valence electrons. The molecule has 2 rings (SSSR count). The van der Waals surface area contributed by atoms with Crippen LogP contribution >= 0.6 is 27.5 Å². The highest BCUT2D eigenvalue weighted by molar-refractivity contribution is 9.10. The highest BCUT2D eigenvalue weighted by Crippen LogP contribution is 2.34. The van der Waals surface area contributed by atoms with Crippen molar-refractivity contribution >= 4 is 27.5 Å². The van der Waals surface area contributed by atoms with E-state index in [4.69, 9.17) is 11.6 Å². The fourth-order valence-electron chi connectivity index (χ4n) is 1.96. The van der Waals surface area contributed by atoms with Crippen LogP contribution in [0.3, 0.4) is 0 Å². The maximum atomic E-state index is 13.8. The number of piperidine rings is 1. The van der Waals surface area contributed by atoms with E-state index in [1.807, 2.05) is 0 Å². The van der Waals surface area contributed by atoms with E-state index >= 15 is 0 Å². The molecular formula is C11H12BrClFN. The van der Waals surface area contributed by atoms with Crippen LogP contribution in [-0.4, -0.2) is 6.54 Å². The second kappa shape index (κ2) is 4.81. The maximum absolute atomic E-state index is 13.8. The summed E-state index contributed by atoms with van der Waals surface area (Å²) in [6.45, 7) is 0.947. The van der Waals surface area contributed by atoms with Crippen LogP contribution in [0, 0.1) is 5.82 Å². The summed E-state index contributed by atoms with van der Waals surface area (Å²) in [4.78, 5) is 0. The van der Waals surface area contributed by atoms with Gasteiger partial charge in [0.25, 0.3) is 0 Å². The van der Waals surface area contributed by atoms with Crippen molar-refractivity contribution in [2.24, 2.45) is 0 Å². The molecule has 0 radical (unpaired) electrons. The average Bonchev–Trinajstić information content (AvgIpc) is 2.26. The zero-order valence-corrected chi connectivity index (χ0v) is 10.5. The summed E-state index contributed by atoms with van der Waals surface area (Å²) in [5.74, 6) is -0.301. The molecule has 1 N–H and O–H groups in total. The predicted octanol–water partition coefficient (Wildman–Crippen LogP) is 4.06. The predicted molar refractivity (Wildman–Crippen MR) is 63.7 cm³/mol. The lowest BCUT2D eigenvalue weighted by Gasteiger charge is -2.25. The summed E-state index contributed by atoms with van der Waals surface area (Å²) in [5.41, 5.74) is 0.669. The molecular weight excluding hydrogens is 280 g/mol. The first-order valence-electron chi connectivity index (χ1n) is 5.07. The van der Waals surface area contributed by atoms with Crippen LogP contribution in [0.1, 0.15) is 30.9 Å². The number of benzene rings is 1. The third-order valence-electron chi connectivity index (χ3n) is 2.74. The van der Waals surface area contributed by atoms with Gasteiger partial charge in [-0.15, -0.1) is 0 Å². The molecule has 1 aliphatic heterocycles. The summed E-state index contributed by atoms with van der Waals surface area (Å²) >= 11 is 9.16. The first kappa shape index (κ1) is 11.4. The Bertz CT molecular complexity index is 364. The summed E-state index contributed by atoms with van der Waals surface area (Å²) in [5, 5.41) is 3.51. The van der Waals surface area contributed by atoms with Gasteiger partial charge >= 0.3 is 0 Å². The Morgan fingerprint density at radius 2 is 2.20 bits per heavy atom. The van der Waals surface area contributed by atoms with Gasteiger partial charge in [0.05, 0.1) is 5.02 Å². The van der Waals surface area contributed by atoms with Gasteiger partial charge in [0, 0.05) is 16.1 Å². The molecule has 1 nitrogen and oxygen atoms in total. The Labute approximate surface area is 102 Å². The van der Waals surface area contributed by atoms with Gasteiger partial charge < -0.3 is 5.32 Å². The zero-order chi connectivity index (χ0) is 10.8. The van der Waals surface area contributed by atoms with Crippen LogP contribution in [0.15, 0.2) is 16.6 Å². The molecule has 1 unspecified atom stereocenters. The minimum absolute atomic E-state index is 0.0897. The van der Waals surface area contributed by atoms with Crippen LogP contribution in [0.4, 0.5) is 4.39 Å². The van der Waals surface area contributed by atoms with Crippen LogP contribution in [0.5, 0.6) is 0 Å². The van der Waals surface area contributed by atoms with Crippen molar-refractivity contribution in [3.8, 4) is 0 Å². The second-order valence-corrected chi connectivity index (χ2v) is 5.02. The first-order chi connectivity index (χ1) is 7.20. The molecule has 4 heteroatoms. The van der Waals surface area contributed by atoms with Gasteiger partial charge in [0.1, 0.15) is 5.82 Å². The standard InChI is InChI=1S/C11H12BrClFN/c12-7-4-5-8(13)11(14)10(7)9-3-1-2-6-15-9/h4-5,9,15H,1-3,6H2. The lowest BCUT2D eigenvalue weighted by Crippen LogP contribution is -2.27. The minimum atomic E-state index is -0.301. The lowest BCUT2D eigenvalue weighted by molar-refractivity contribution is 0.398. The molecule has 1 heterocycles. The summed E-state index contributed by atoms with van der Waals surface area (Å²) in [7, 11) is 0. The Morgan fingerprint density at radius 1 is 1.40 bits per heavy atom. The molecule has 0 aliphatic carbocycles. The number of hydrogen-bond donors (Lipinski definition) is 1. The molecule has 1 atom stereocenters. The van der Waals surface area contributed by atoms with Crippen LogP contribution in [0.25, 0.3) is 0 Å². The topological polar surface area (TPSA) is 12.0 Å². The molecule has 1 aromatic rings. The molecule has 0 spiro atoms. The third-order valence-corrected chi connectivity index (χ3v) is 3.72. The van der Waals surface area contributed by atoms with E-state index in [2.05, 4.69) is 21.2 Å². The van der Waals surface area contributed by atoms with Crippen molar-refractivity contribution in [1.29, 1.82) is 0 Å². The fraction of sp³-hybridized carbons (Fsp3) is 0.455. The van der Waals surface area contributed by atoms with Crippen LogP contribution in [-0.2, 0) is 0 Å². The smallest absolute Gasteiger partial charge is 0.147 e. The SMILES string of the molecule is Fc1c(Cl)ccc(Br)c1C1CCCCN1. The quantitative estimate of drug-likeness (QED) is 0.770. The molecule has 1 aromatic carbocycles. The minimum Gasteiger partial charge on any atom is -0.310 e. The van der Waals surface area contributed by atoms with Crippen molar-refractivity contribution in [3.63, 3.8) is 0 Å².